The van der Waals surface area contributed by atoms with Crippen LogP contribution in [-0.4, -0.2) is 24.2 Å². The largest absolute Gasteiger partial charge is 0.506 e. The molecule has 2 heterocycles. The number of phenols is 1. The highest BCUT2D eigenvalue weighted by molar-refractivity contribution is 6.00. The van der Waals surface area contributed by atoms with Crippen molar-refractivity contribution in [1.82, 2.24) is 0 Å². The molecule has 2 aliphatic heterocycles. The summed E-state index contributed by atoms with van der Waals surface area (Å²) in [7, 11) is 0. The van der Waals surface area contributed by atoms with E-state index in [0.717, 1.165) is 29.7 Å². The number of benzene rings is 2. The standard InChI is InChI=1S/C19H19NO3/c21-16-8-3-5-13-6-4-11-20(18(13)16)19(22)15-10-12-23-17-9-2-1-7-14(15)17/h1-3,5,7-9,15,21H,4,6,10-12H2/t15-/m1/s1. The third-order valence-corrected chi connectivity index (χ3v) is 4.72. The van der Waals surface area contributed by atoms with Gasteiger partial charge in [0.15, 0.2) is 0 Å². The highest BCUT2D eigenvalue weighted by Crippen LogP contribution is 2.40. The van der Waals surface area contributed by atoms with Gasteiger partial charge < -0.3 is 14.7 Å². The quantitative estimate of drug-likeness (QED) is 0.880. The molecule has 2 aliphatic rings. The van der Waals surface area contributed by atoms with E-state index in [-0.39, 0.29) is 17.6 Å². The molecule has 2 aromatic rings. The minimum Gasteiger partial charge on any atom is -0.506 e. The van der Waals surface area contributed by atoms with Crippen LogP contribution in [0.3, 0.4) is 0 Å². The van der Waals surface area contributed by atoms with Crippen LogP contribution in [0.4, 0.5) is 5.69 Å². The molecule has 0 saturated heterocycles. The van der Waals surface area contributed by atoms with E-state index < -0.39 is 0 Å². The SMILES string of the molecule is O=C([C@@H]1CCOc2ccccc21)N1CCCc2cccc(O)c21. The lowest BCUT2D eigenvalue weighted by Crippen LogP contribution is -2.40. The normalized spacial score (nSPS) is 19.5. The fraction of sp³-hybridized carbons (Fsp3) is 0.316. The van der Waals surface area contributed by atoms with Gasteiger partial charge in [0.2, 0.25) is 5.91 Å². The first-order chi connectivity index (χ1) is 11.3. The first-order valence-corrected chi connectivity index (χ1v) is 8.09. The Labute approximate surface area is 135 Å². The maximum atomic E-state index is 13.2. The molecule has 0 radical (unpaired) electrons. The Bertz CT molecular complexity index is 756. The van der Waals surface area contributed by atoms with E-state index >= 15 is 0 Å². The second-order valence-electron chi connectivity index (χ2n) is 6.11. The van der Waals surface area contributed by atoms with Crippen LogP contribution in [0.5, 0.6) is 11.5 Å². The number of phenolic OH excluding ortho intramolecular Hbond substituents is 1. The number of ether oxygens (including phenoxy) is 1. The molecule has 4 rings (SSSR count). The zero-order valence-electron chi connectivity index (χ0n) is 12.9. The Morgan fingerprint density at radius 1 is 1.17 bits per heavy atom. The van der Waals surface area contributed by atoms with Gasteiger partial charge in [0.25, 0.3) is 0 Å². The summed E-state index contributed by atoms with van der Waals surface area (Å²) in [5, 5.41) is 10.3. The number of nitrogens with zero attached hydrogens (tertiary/aromatic N) is 1. The number of fused-ring (bicyclic) bond motifs is 2. The molecule has 0 spiro atoms. The molecule has 0 aromatic heterocycles. The summed E-state index contributed by atoms with van der Waals surface area (Å²) in [4.78, 5) is 15.0. The van der Waals surface area contributed by atoms with Crippen LogP contribution in [0.2, 0.25) is 0 Å². The van der Waals surface area contributed by atoms with Gasteiger partial charge in [-0.15, -0.1) is 0 Å². The van der Waals surface area contributed by atoms with Crippen molar-refractivity contribution in [3.05, 3.63) is 53.6 Å². The first kappa shape index (κ1) is 14.1. The second kappa shape index (κ2) is 5.61. The maximum Gasteiger partial charge on any atom is 0.234 e. The number of hydrogen-bond acceptors (Lipinski definition) is 3. The number of hydrogen-bond donors (Lipinski definition) is 1. The fourth-order valence-electron chi connectivity index (χ4n) is 3.64. The summed E-state index contributed by atoms with van der Waals surface area (Å²) in [6.45, 7) is 1.21. The van der Waals surface area contributed by atoms with Gasteiger partial charge in [0.05, 0.1) is 18.2 Å². The summed E-state index contributed by atoms with van der Waals surface area (Å²) < 4.78 is 5.66. The average molecular weight is 309 g/mol. The second-order valence-corrected chi connectivity index (χ2v) is 6.11. The number of anilines is 1. The lowest BCUT2D eigenvalue weighted by molar-refractivity contribution is -0.120. The molecule has 0 bridgehead atoms. The minimum atomic E-state index is -0.203. The van der Waals surface area contributed by atoms with E-state index in [1.165, 1.54) is 0 Å². The molecule has 4 heteroatoms. The Kier molecular flexibility index (Phi) is 3.45. The van der Waals surface area contributed by atoms with Crippen LogP contribution >= 0.6 is 0 Å². The van der Waals surface area contributed by atoms with E-state index in [4.69, 9.17) is 4.74 Å². The molecule has 0 saturated carbocycles. The summed E-state index contributed by atoms with van der Waals surface area (Å²) in [5.74, 6) is 0.844. The molecule has 0 unspecified atom stereocenters. The summed E-state index contributed by atoms with van der Waals surface area (Å²) in [5.41, 5.74) is 2.68. The Morgan fingerprint density at radius 3 is 2.96 bits per heavy atom. The van der Waals surface area contributed by atoms with E-state index in [1.54, 1.807) is 11.0 Å². The number of para-hydroxylation sites is 2. The van der Waals surface area contributed by atoms with Crippen molar-refractivity contribution in [1.29, 1.82) is 0 Å². The zero-order valence-corrected chi connectivity index (χ0v) is 12.9. The molecule has 2 aromatic carbocycles. The van der Waals surface area contributed by atoms with Crippen LogP contribution in [0.25, 0.3) is 0 Å². The van der Waals surface area contributed by atoms with Crippen LogP contribution in [0.1, 0.15) is 29.9 Å². The molecular weight excluding hydrogens is 290 g/mol. The number of carbonyl (C=O) groups excluding carboxylic acids is 1. The minimum absolute atomic E-state index is 0.0585. The summed E-state index contributed by atoms with van der Waals surface area (Å²) in [6.07, 6.45) is 2.50. The number of carbonyl (C=O) groups is 1. The van der Waals surface area contributed by atoms with Crippen LogP contribution in [-0.2, 0) is 11.2 Å². The molecular formula is C19H19NO3. The number of aryl methyl sites for hydroxylation is 1. The number of rotatable bonds is 1. The summed E-state index contributed by atoms with van der Waals surface area (Å²) in [6, 6.07) is 13.2. The smallest absolute Gasteiger partial charge is 0.234 e. The lowest BCUT2D eigenvalue weighted by atomic mass is 9.90. The van der Waals surface area contributed by atoms with Crippen molar-refractivity contribution in [2.45, 2.75) is 25.2 Å². The maximum absolute atomic E-state index is 13.2. The monoisotopic (exact) mass is 309 g/mol. The van der Waals surface area contributed by atoms with Crippen molar-refractivity contribution in [3.8, 4) is 11.5 Å². The molecule has 118 valence electrons. The highest BCUT2D eigenvalue weighted by Gasteiger charge is 2.34. The van der Waals surface area contributed by atoms with Gasteiger partial charge in [-0.2, -0.15) is 0 Å². The molecule has 23 heavy (non-hydrogen) atoms. The van der Waals surface area contributed by atoms with E-state index in [1.807, 2.05) is 36.4 Å². The van der Waals surface area contributed by atoms with Gasteiger partial charge in [-0.25, -0.2) is 0 Å². The molecule has 0 fully saturated rings. The Balaban J connectivity index is 1.72. The van der Waals surface area contributed by atoms with E-state index in [0.29, 0.717) is 25.3 Å². The topological polar surface area (TPSA) is 49.8 Å². The van der Waals surface area contributed by atoms with Gasteiger partial charge >= 0.3 is 0 Å². The van der Waals surface area contributed by atoms with Crippen molar-refractivity contribution >= 4 is 11.6 Å². The Hall–Kier alpha value is -2.49. The number of aromatic hydroxyl groups is 1. The highest BCUT2D eigenvalue weighted by atomic mass is 16.5. The molecule has 1 N–H and O–H groups in total. The van der Waals surface area contributed by atoms with Gasteiger partial charge in [-0.1, -0.05) is 30.3 Å². The van der Waals surface area contributed by atoms with Crippen LogP contribution < -0.4 is 9.64 Å². The number of amides is 1. The summed E-state index contributed by atoms with van der Waals surface area (Å²) >= 11 is 0. The van der Waals surface area contributed by atoms with Crippen molar-refractivity contribution < 1.29 is 14.6 Å². The van der Waals surface area contributed by atoms with Crippen LogP contribution in [0, 0.1) is 0 Å². The van der Waals surface area contributed by atoms with Gasteiger partial charge in [-0.05, 0) is 37.0 Å². The van der Waals surface area contributed by atoms with Gasteiger partial charge in [0, 0.05) is 12.1 Å². The first-order valence-electron chi connectivity index (χ1n) is 8.09. The van der Waals surface area contributed by atoms with Gasteiger partial charge in [-0.3, -0.25) is 4.79 Å². The van der Waals surface area contributed by atoms with Crippen molar-refractivity contribution in [3.63, 3.8) is 0 Å². The molecule has 1 amide bonds. The van der Waals surface area contributed by atoms with Gasteiger partial charge in [0.1, 0.15) is 11.5 Å². The molecule has 1 atom stereocenters. The zero-order chi connectivity index (χ0) is 15.8. The van der Waals surface area contributed by atoms with E-state index in [9.17, 15) is 9.90 Å². The predicted octanol–water partition coefficient (Wildman–Crippen LogP) is 3.24. The predicted molar refractivity (Wildman–Crippen MR) is 88.1 cm³/mol. The fourth-order valence-corrected chi connectivity index (χ4v) is 3.64. The third kappa shape index (κ3) is 2.34. The molecule has 0 aliphatic carbocycles. The van der Waals surface area contributed by atoms with E-state index in [2.05, 4.69) is 0 Å². The molecule has 4 nitrogen and oxygen atoms in total. The third-order valence-electron chi connectivity index (χ3n) is 4.72. The lowest BCUT2D eigenvalue weighted by Gasteiger charge is -2.34. The Morgan fingerprint density at radius 2 is 2.04 bits per heavy atom. The average Bonchev–Trinajstić information content (AvgIpc) is 2.60. The van der Waals surface area contributed by atoms with Crippen LogP contribution in [0.15, 0.2) is 42.5 Å². The van der Waals surface area contributed by atoms with Crippen molar-refractivity contribution in [2.75, 3.05) is 18.1 Å². The van der Waals surface area contributed by atoms with Crippen molar-refractivity contribution in [2.24, 2.45) is 0 Å².